The molecule has 7 nitrogen and oxygen atoms in total. The molecule has 1 aromatic carbocycles. The predicted octanol–water partition coefficient (Wildman–Crippen LogP) is 1.83. The fourth-order valence-corrected chi connectivity index (χ4v) is 3.16. The van der Waals surface area contributed by atoms with Gasteiger partial charge in [-0.25, -0.2) is 0 Å². The van der Waals surface area contributed by atoms with E-state index in [0.29, 0.717) is 17.4 Å². The van der Waals surface area contributed by atoms with Crippen molar-refractivity contribution in [2.45, 2.75) is 38.3 Å². The van der Waals surface area contributed by atoms with E-state index < -0.39 is 0 Å². The number of amides is 2. The van der Waals surface area contributed by atoms with Crippen LogP contribution in [-0.4, -0.2) is 32.3 Å². The van der Waals surface area contributed by atoms with Crippen LogP contribution in [-0.2, 0) is 29.5 Å². The number of rotatable bonds is 8. The van der Waals surface area contributed by atoms with Crippen molar-refractivity contribution >= 4 is 29.3 Å². The third-order valence-electron chi connectivity index (χ3n) is 3.86. The van der Waals surface area contributed by atoms with E-state index in [2.05, 4.69) is 22.4 Å². The molecule has 2 aromatic rings. The predicted molar refractivity (Wildman–Crippen MR) is 98.4 cm³/mol. The summed E-state index contributed by atoms with van der Waals surface area (Å²) in [6.45, 7) is 4.04. The Morgan fingerprint density at radius 2 is 2.08 bits per heavy atom. The number of aryl methyl sites for hydroxylation is 3. The smallest absolute Gasteiger partial charge is 0.234 e. The van der Waals surface area contributed by atoms with Crippen LogP contribution in [0, 0.1) is 6.92 Å². The van der Waals surface area contributed by atoms with E-state index in [1.54, 1.807) is 4.57 Å². The molecule has 0 atom stereocenters. The molecule has 0 saturated heterocycles. The molecule has 0 radical (unpaired) electrons. The molecule has 0 aliphatic heterocycles. The summed E-state index contributed by atoms with van der Waals surface area (Å²) in [6.07, 6.45) is 1.52. The van der Waals surface area contributed by atoms with Gasteiger partial charge in [0.25, 0.3) is 0 Å². The summed E-state index contributed by atoms with van der Waals surface area (Å²) in [5, 5.41) is 11.7. The Hall–Kier alpha value is -2.35. The Kier molecular flexibility index (Phi) is 6.58. The molecule has 1 heterocycles. The molecule has 8 heteroatoms. The van der Waals surface area contributed by atoms with Gasteiger partial charge in [-0.1, -0.05) is 36.9 Å². The summed E-state index contributed by atoms with van der Waals surface area (Å²) in [5.41, 5.74) is 8.20. The van der Waals surface area contributed by atoms with Gasteiger partial charge in [0.2, 0.25) is 11.8 Å². The molecule has 0 bridgehead atoms. The van der Waals surface area contributed by atoms with Crippen molar-refractivity contribution < 1.29 is 9.59 Å². The minimum atomic E-state index is -0.374. The first kappa shape index (κ1) is 19.0. The van der Waals surface area contributed by atoms with Crippen molar-refractivity contribution in [2.75, 3.05) is 11.1 Å². The van der Waals surface area contributed by atoms with Crippen LogP contribution in [0.4, 0.5) is 5.69 Å². The summed E-state index contributed by atoms with van der Waals surface area (Å²) < 4.78 is 1.78. The lowest BCUT2D eigenvalue weighted by molar-refractivity contribution is -0.118. The number of anilines is 1. The molecule has 3 N–H and O–H groups in total. The lowest BCUT2D eigenvalue weighted by atomic mass is 10.1. The van der Waals surface area contributed by atoms with E-state index in [-0.39, 0.29) is 24.0 Å². The molecule has 0 saturated carbocycles. The molecule has 1 aromatic heterocycles. The van der Waals surface area contributed by atoms with Gasteiger partial charge in [0.15, 0.2) is 5.16 Å². The Morgan fingerprint density at radius 1 is 1.32 bits per heavy atom. The Balaban J connectivity index is 1.96. The number of thioether (sulfide) groups is 1. The normalized spacial score (nSPS) is 10.7. The number of nitrogens with zero attached hydrogens (tertiary/aromatic N) is 3. The van der Waals surface area contributed by atoms with Crippen LogP contribution in [0.2, 0.25) is 0 Å². The van der Waals surface area contributed by atoms with Gasteiger partial charge < -0.3 is 15.6 Å². The Labute approximate surface area is 151 Å². The topological polar surface area (TPSA) is 103 Å². The second-order valence-electron chi connectivity index (χ2n) is 5.72. The SMILES string of the molecule is CCc1cccc(C)c1NC(=O)CSc1nnc(CCC(N)=O)n1C. The zero-order chi connectivity index (χ0) is 18.4. The van der Waals surface area contributed by atoms with Crippen LogP contribution in [0.5, 0.6) is 0 Å². The third kappa shape index (κ3) is 5.06. The quantitative estimate of drug-likeness (QED) is 0.698. The Morgan fingerprint density at radius 3 is 2.76 bits per heavy atom. The number of hydrogen-bond acceptors (Lipinski definition) is 5. The number of hydrogen-bond donors (Lipinski definition) is 2. The highest BCUT2D eigenvalue weighted by atomic mass is 32.2. The average molecular weight is 361 g/mol. The maximum absolute atomic E-state index is 12.3. The highest BCUT2D eigenvalue weighted by molar-refractivity contribution is 7.99. The van der Waals surface area contributed by atoms with Crippen LogP contribution in [0.1, 0.15) is 30.3 Å². The van der Waals surface area contributed by atoms with Gasteiger partial charge in [-0.3, -0.25) is 9.59 Å². The highest BCUT2D eigenvalue weighted by Crippen LogP contribution is 2.22. The van der Waals surface area contributed by atoms with E-state index >= 15 is 0 Å². The zero-order valence-electron chi connectivity index (χ0n) is 14.7. The largest absolute Gasteiger partial charge is 0.370 e. The number of nitrogens with one attached hydrogen (secondary N) is 1. The molecule has 0 unspecified atom stereocenters. The molecular formula is C17H23N5O2S. The van der Waals surface area contributed by atoms with Crippen molar-refractivity contribution in [3.8, 4) is 0 Å². The second kappa shape index (κ2) is 8.66. The molecule has 2 amide bonds. The number of para-hydroxylation sites is 1. The molecule has 134 valence electrons. The third-order valence-corrected chi connectivity index (χ3v) is 4.88. The Bertz CT molecular complexity index is 772. The van der Waals surface area contributed by atoms with Gasteiger partial charge in [0.1, 0.15) is 5.82 Å². The minimum Gasteiger partial charge on any atom is -0.370 e. The fraction of sp³-hybridized carbons (Fsp3) is 0.412. The highest BCUT2D eigenvalue weighted by Gasteiger charge is 2.13. The van der Waals surface area contributed by atoms with Crippen LogP contribution in [0.15, 0.2) is 23.4 Å². The summed E-state index contributed by atoms with van der Waals surface area (Å²) in [7, 11) is 1.81. The van der Waals surface area contributed by atoms with Gasteiger partial charge in [0, 0.05) is 25.6 Å². The van der Waals surface area contributed by atoms with Crippen LogP contribution >= 0.6 is 11.8 Å². The number of nitrogens with two attached hydrogens (primary N) is 1. The fourth-order valence-electron chi connectivity index (χ4n) is 2.43. The van der Waals surface area contributed by atoms with Crippen LogP contribution in [0.25, 0.3) is 0 Å². The average Bonchev–Trinajstić information content (AvgIpc) is 2.93. The van der Waals surface area contributed by atoms with E-state index in [0.717, 1.165) is 23.2 Å². The molecule has 0 aliphatic rings. The van der Waals surface area contributed by atoms with Crippen molar-refractivity contribution in [2.24, 2.45) is 12.8 Å². The van der Waals surface area contributed by atoms with Crippen molar-refractivity contribution in [3.63, 3.8) is 0 Å². The maximum atomic E-state index is 12.3. The van der Waals surface area contributed by atoms with Crippen LogP contribution < -0.4 is 11.1 Å². The van der Waals surface area contributed by atoms with Crippen molar-refractivity contribution in [1.29, 1.82) is 0 Å². The van der Waals surface area contributed by atoms with Gasteiger partial charge in [-0.15, -0.1) is 10.2 Å². The van der Waals surface area contributed by atoms with E-state index in [9.17, 15) is 9.59 Å². The molecule has 2 rings (SSSR count). The standard InChI is InChI=1S/C17H23N5O2S/c1-4-12-7-5-6-11(2)16(12)19-15(24)10-25-17-21-20-14(22(17)3)9-8-13(18)23/h5-7H,4,8-10H2,1-3H3,(H2,18,23)(H,19,24). The van der Waals surface area contributed by atoms with Gasteiger partial charge >= 0.3 is 0 Å². The van der Waals surface area contributed by atoms with Crippen molar-refractivity contribution in [3.05, 3.63) is 35.2 Å². The molecular weight excluding hydrogens is 338 g/mol. The molecule has 0 fully saturated rings. The summed E-state index contributed by atoms with van der Waals surface area (Å²) in [5.74, 6) is 0.449. The van der Waals surface area contributed by atoms with Gasteiger partial charge in [-0.2, -0.15) is 0 Å². The van der Waals surface area contributed by atoms with E-state index in [4.69, 9.17) is 5.73 Å². The molecule has 0 spiro atoms. The lowest BCUT2D eigenvalue weighted by Gasteiger charge is -2.12. The molecule has 25 heavy (non-hydrogen) atoms. The molecule has 0 aliphatic carbocycles. The lowest BCUT2D eigenvalue weighted by Crippen LogP contribution is -2.16. The maximum Gasteiger partial charge on any atom is 0.234 e. The number of benzene rings is 1. The summed E-state index contributed by atoms with van der Waals surface area (Å²) in [6, 6.07) is 5.99. The minimum absolute atomic E-state index is 0.0873. The second-order valence-corrected chi connectivity index (χ2v) is 6.67. The van der Waals surface area contributed by atoms with Gasteiger partial charge in [-0.05, 0) is 24.5 Å². The first-order chi connectivity index (χ1) is 11.9. The first-order valence-corrected chi connectivity index (χ1v) is 9.08. The number of carbonyl (C=O) groups is 2. The zero-order valence-corrected chi connectivity index (χ0v) is 15.5. The first-order valence-electron chi connectivity index (χ1n) is 8.10. The summed E-state index contributed by atoms with van der Waals surface area (Å²) in [4.78, 5) is 23.2. The van der Waals surface area contributed by atoms with E-state index in [1.165, 1.54) is 11.8 Å². The monoisotopic (exact) mass is 361 g/mol. The van der Waals surface area contributed by atoms with E-state index in [1.807, 2.05) is 32.2 Å². The van der Waals surface area contributed by atoms with Gasteiger partial charge in [0.05, 0.1) is 5.75 Å². The number of carbonyl (C=O) groups excluding carboxylic acids is 2. The number of primary amides is 1. The van der Waals surface area contributed by atoms with Crippen LogP contribution in [0.3, 0.4) is 0 Å². The number of aromatic nitrogens is 3. The van der Waals surface area contributed by atoms with Crippen molar-refractivity contribution in [1.82, 2.24) is 14.8 Å². The summed E-state index contributed by atoms with van der Waals surface area (Å²) >= 11 is 1.31.